The van der Waals surface area contributed by atoms with Crippen molar-refractivity contribution in [2.45, 2.75) is 6.42 Å². The summed E-state index contributed by atoms with van der Waals surface area (Å²) in [5, 5.41) is 8.76. The minimum absolute atomic E-state index is 0.153. The number of nitrogen functional groups attached to an aromatic ring is 1. The molecule has 1 rings (SSSR count). The third kappa shape index (κ3) is 2.85. The number of nitrogens with two attached hydrogens (primary N) is 1. The number of halogens is 1. The summed E-state index contributed by atoms with van der Waals surface area (Å²) in [5.74, 6) is -1.01. The second-order valence-corrected chi connectivity index (χ2v) is 3.54. The van der Waals surface area contributed by atoms with E-state index >= 15 is 0 Å². The van der Waals surface area contributed by atoms with Crippen molar-refractivity contribution in [3.05, 3.63) is 23.8 Å². The van der Waals surface area contributed by atoms with Gasteiger partial charge in [-0.05, 0) is 24.6 Å². The third-order valence-electron chi connectivity index (χ3n) is 2.31. The van der Waals surface area contributed by atoms with Gasteiger partial charge in [0, 0.05) is 13.6 Å². The first-order valence-corrected chi connectivity index (χ1v) is 4.96. The van der Waals surface area contributed by atoms with Crippen LogP contribution in [0, 0.1) is 0 Å². The van der Waals surface area contributed by atoms with Crippen LogP contribution in [-0.4, -0.2) is 31.3 Å². The van der Waals surface area contributed by atoms with Crippen molar-refractivity contribution in [3.8, 4) is 0 Å². The Morgan fingerprint density at radius 2 is 2.25 bits per heavy atom. The highest BCUT2D eigenvalue weighted by Gasteiger charge is 2.09. The largest absolute Gasteiger partial charge is 0.478 e. The molecule has 3 N–H and O–H groups in total. The first-order valence-electron chi connectivity index (χ1n) is 4.96. The molecule has 0 heterocycles. The Bertz CT molecular complexity index is 382. The molecule has 5 heteroatoms. The maximum atomic E-state index is 12.0. The smallest absolute Gasteiger partial charge is 0.335 e. The Morgan fingerprint density at radius 1 is 1.56 bits per heavy atom. The van der Waals surface area contributed by atoms with E-state index < -0.39 is 5.97 Å². The van der Waals surface area contributed by atoms with Gasteiger partial charge in [0.25, 0.3) is 0 Å². The Kier molecular flexibility index (Phi) is 4.10. The summed E-state index contributed by atoms with van der Waals surface area (Å²) in [6, 6.07) is 4.53. The summed E-state index contributed by atoms with van der Waals surface area (Å²) in [6.07, 6.45) is 0.427. The van der Waals surface area contributed by atoms with Crippen molar-refractivity contribution in [1.82, 2.24) is 0 Å². The van der Waals surface area contributed by atoms with Gasteiger partial charge in [-0.1, -0.05) is 0 Å². The summed E-state index contributed by atoms with van der Waals surface area (Å²) in [7, 11) is 1.79. The molecule has 0 unspecified atom stereocenters. The molecule has 0 fully saturated rings. The van der Waals surface area contributed by atoms with Crippen molar-refractivity contribution in [3.63, 3.8) is 0 Å². The van der Waals surface area contributed by atoms with Crippen LogP contribution in [0.15, 0.2) is 18.2 Å². The molecule has 0 aliphatic heterocycles. The van der Waals surface area contributed by atoms with Crippen LogP contribution in [0.2, 0.25) is 0 Å². The van der Waals surface area contributed by atoms with E-state index in [1.165, 1.54) is 12.1 Å². The monoisotopic (exact) mass is 226 g/mol. The highest BCUT2D eigenvalue weighted by Crippen LogP contribution is 2.23. The zero-order chi connectivity index (χ0) is 12.1. The summed E-state index contributed by atoms with van der Waals surface area (Å²) in [6.45, 7) is 0.171. The summed E-state index contributed by atoms with van der Waals surface area (Å²) >= 11 is 0. The Morgan fingerprint density at radius 3 is 2.75 bits per heavy atom. The van der Waals surface area contributed by atoms with Gasteiger partial charge in [0.2, 0.25) is 0 Å². The molecular formula is C11H15FN2O2. The molecule has 0 amide bonds. The molecule has 4 nitrogen and oxygen atoms in total. The maximum absolute atomic E-state index is 12.0. The molecule has 0 aliphatic rings. The van der Waals surface area contributed by atoms with Crippen LogP contribution in [0.5, 0.6) is 0 Å². The minimum atomic E-state index is -1.01. The highest BCUT2D eigenvalue weighted by molar-refractivity contribution is 5.90. The lowest BCUT2D eigenvalue weighted by Crippen LogP contribution is -2.20. The van der Waals surface area contributed by atoms with Crippen molar-refractivity contribution in [2.24, 2.45) is 0 Å². The molecule has 1 aromatic rings. The predicted octanol–water partition coefficient (Wildman–Crippen LogP) is 1.76. The van der Waals surface area contributed by atoms with Gasteiger partial charge in [0.1, 0.15) is 0 Å². The first kappa shape index (κ1) is 12.3. The topological polar surface area (TPSA) is 66.6 Å². The maximum Gasteiger partial charge on any atom is 0.335 e. The summed E-state index contributed by atoms with van der Waals surface area (Å²) < 4.78 is 12.0. The molecule has 0 atom stereocenters. The van der Waals surface area contributed by atoms with Gasteiger partial charge in [-0.15, -0.1) is 0 Å². The van der Waals surface area contributed by atoms with Gasteiger partial charge < -0.3 is 15.7 Å². The Hall–Kier alpha value is -1.78. The number of alkyl halides is 1. The standard InChI is InChI=1S/C11H15FN2O2/c1-14(6-2-5-12)10-4-3-8(11(15)16)7-9(10)13/h3-4,7H,2,5-6,13H2,1H3,(H,15,16). The third-order valence-corrected chi connectivity index (χ3v) is 2.31. The zero-order valence-electron chi connectivity index (χ0n) is 9.11. The summed E-state index contributed by atoms with van der Waals surface area (Å²) in [4.78, 5) is 12.5. The van der Waals surface area contributed by atoms with Gasteiger partial charge in [-0.2, -0.15) is 0 Å². The van der Waals surface area contributed by atoms with Crippen molar-refractivity contribution in [2.75, 3.05) is 30.9 Å². The number of rotatable bonds is 5. The second kappa shape index (κ2) is 5.34. The minimum Gasteiger partial charge on any atom is -0.478 e. The molecule has 1 aromatic carbocycles. The van der Waals surface area contributed by atoms with E-state index in [0.717, 1.165) is 5.69 Å². The average molecular weight is 226 g/mol. The van der Waals surface area contributed by atoms with E-state index in [1.54, 1.807) is 18.0 Å². The lowest BCUT2D eigenvalue weighted by molar-refractivity contribution is 0.0697. The van der Waals surface area contributed by atoms with Gasteiger partial charge >= 0.3 is 5.97 Å². The number of benzene rings is 1. The van der Waals surface area contributed by atoms with Crippen LogP contribution in [0.3, 0.4) is 0 Å². The van der Waals surface area contributed by atoms with E-state index in [1.807, 2.05) is 0 Å². The van der Waals surface area contributed by atoms with Gasteiger partial charge in [-0.25, -0.2) is 4.79 Å². The molecular weight excluding hydrogens is 211 g/mol. The van der Waals surface area contributed by atoms with Crippen LogP contribution < -0.4 is 10.6 Å². The number of aromatic carboxylic acids is 1. The lowest BCUT2D eigenvalue weighted by Gasteiger charge is -2.20. The average Bonchev–Trinajstić information content (AvgIpc) is 2.25. The van der Waals surface area contributed by atoms with Crippen LogP contribution in [0.1, 0.15) is 16.8 Å². The van der Waals surface area contributed by atoms with E-state index in [9.17, 15) is 9.18 Å². The number of anilines is 2. The summed E-state index contributed by atoms with van der Waals surface area (Å²) in [5.41, 5.74) is 7.00. The van der Waals surface area contributed by atoms with E-state index in [2.05, 4.69) is 0 Å². The van der Waals surface area contributed by atoms with E-state index in [4.69, 9.17) is 10.8 Å². The van der Waals surface area contributed by atoms with Crippen LogP contribution in [0.4, 0.5) is 15.8 Å². The van der Waals surface area contributed by atoms with Crippen molar-refractivity contribution < 1.29 is 14.3 Å². The van der Waals surface area contributed by atoms with Crippen molar-refractivity contribution >= 4 is 17.3 Å². The van der Waals surface area contributed by atoms with E-state index in [0.29, 0.717) is 18.7 Å². The van der Waals surface area contributed by atoms with Crippen LogP contribution >= 0.6 is 0 Å². The predicted molar refractivity (Wildman–Crippen MR) is 61.7 cm³/mol. The molecule has 0 aliphatic carbocycles. The van der Waals surface area contributed by atoms with Gasteiger partial charge in [0.15, 0.2) is 0 Å². The Labute approximate surface area is 93.5 Å². The van der Waals surface area contributed by atoms with E-state index in [-0.39, 0.29) is 12.2 Å². The number of hydrogen-bond acceptors (Lipinski definition) is 3. The number of carboxylic acid groups (broad SMARTS) is 1. The number of carbonyl (C=O) groups is 1. The number of carboxylic acids is 1. The SMILES string of the molecule is CN(CCCF)c1ccc(C(=O)O)cc1N. The highest BCUT2D eigenvalue weighted by atomic mass is 19.1. The fraction of sp³-hybridized carbons (Fsp3) is 0.364. The molecule has 0 bridgehead atoms. The molecule has 0 saturated heterocycles. The van der Waals surface area contributed by atoms with Crippen LogP contribution in [0.25, 0.3) is 0 Å². The quantitative estimate of drug-likeness (QED) is 0.751. The van der Waals surface area contributed by atoms with Gasteiger partial charge in [-0.3, -0.25) is 4.39 Å². The molecule has 0 spiro atoms. The molecule has 0 radical (unpaired) electrons. The molecule has 16 heavy (non-hydrogen) atoms. The molecule has 0 saturated carbocycles. The van der Waals surface area contributed by atoms with Gasteiger partial charge in [0.05, 0.1) is 23.6 Å². The second-order valence-electron chi connectivity index (χ2n) is 3.54. The fourth-order valence-corrected chi connectivity index (χ4v) is 1.45. The van der Waals surface area contributed by atoms with Crippen molar-refractivity contribution in [1.29, 1.82) is 0 Å². The number of nitrogens with zero attached hydrogens (tertiary/aromatic N) is 1. The normalized spacial score (nSPS) is 10.1. The first-order chi connectivity index (χ1) is 7.56. The molecule has 88 valence electrons. The Balaban J connectivity index is 2.85. The van der Waals surface area contributed by atoms with Crippen LogP contribution in [-0.2, 0) is 0 Å². The lowest BCUT2D eigenvalue weighted by atomic mass is 10.1. The zero-order valence-corrected chi connectivity index (χ0v) is 9.11. The fourth-order valence-electron chi connectivity index (χ4n) is 1.45. The molecule has 0 aromatic heterocycles. The number of hydrogen-bond donors (Lipinski definition) is 2.